The van der Waals surface area contributed by atoms with Gasteiger partial charge < -0.3 is 29.7 Å². The topological polar surface area (TPSA) is 126 Å². The Labute approximate surface area is 328 Å². The van der Waals surface area contributed by atoms with Crippen LogP contribution in [-0.4, -0.2) is 74.8 Å². The molecular formula is C45H51N5O6. The van der Waals surface area contributed by atoms with Gasteiger partial charge in [0.15, 0.2) is 12.3 Å². The number of amides is 3. The first-order valence-corrected chi connectivity index (χ1v) is 19.5. The van der Waals surface area contributed by atoms with Crippen LogP contribution >= 0.6 is 0 Å². The second-order valence-electron chi connectivity index (χ2n) is 14.1. The number of benzene rings is 4. The highest BCUT2D eigenvalue weighted by molar-refractivity contribution is 6.01. The van der Waals surface area contributed by atoms with Crippen LogP contribution in [0.1, 0.15) is 82.8 Å². The molecule has 292 valence electrons. The van der Waals surface area contributed by atoms with Gasteiger partial charge >= 0.3 is 0 Å². The van der Waals surface area contributed by atoms with Crippen molar-refractivity contribution in [1.29, 1.82) is 0 Å². The SMILES string of the molecule is CCCCN(CCCC)C(=O)c1cc(C)n(-c2ccc(NC(=O)COc3ccc(OCc4ccccc4)cc3)cc2C(=O)N2Cc3ccccc3C[C@@H]2CO)n1. The number of nitrogens with one attached hydrogen (secondary N) is 1. The molecule has 0 unspecified atom stereocenters. The number of rotatable bonds is 17. The van der Waals surface area contributed by atoms with Crippen LogP contribution in [-0.2, 0) is 24.4 Å². The van der Waals surface area contributed by atoms with Gasteiger partial charge in [0.25, 0.3) is 17.7 Å². The molecule has 1 aliphatic rings. The lowest BCUT2D eigenvalue weighted by molar-refractivity contribution is -0.118. The van der Waals surface area contributed by atoms with Crippen molar-refractivity contribution in [2.75, 3.05) is 31.6 Å². The van der Waals surface area contributed by atoms with Crippen molar-refractivity contribution < 1.29 is 29.0 Å². The molecule has 6 rings (SSSR count). The molecule has 2 N–H and O–H groups in total. The van der Waals surface area contributed by atoms with E-state index >= 15 is 0 Å². The summed E-state index contributed by atoms with van der Waals surface area (Å²) >= 11 is 0. The number of hydrogen-bond donors (Lipinski definition) is 2. The summed E-state index contributed by atoms with van der Waals surface area (Å²) in [5.74, 6) is 0.292. The first-order chi connectivity index (χ1) is 27.3. The fourth-order valence-corrected chi connectivity index (χ4v) is 6.83. The molecule has 3 amide bonds. The molecule has 1 aromatic heterocycles. The van der Waals surface area contributed by atoms with Crippen molar-refractivity contribution in [3.05, 3.63) is 137 Å². The van der Waals surface area contributed by atoms with Crippen LogP contribution in [0.2, 0.25) is 0 Å². The van der Waals surface area contributed by atoms with Crippen molar-refractivity contribution in [2.24, 2.45) is 0 Å². The molecule has 0 aliphatic carbocycles. The fourth-order valence-electron chi connectivity index (χ4n) is 6.83. The zero-order valence-corrected chi connectivity index (χ0v) is 32.4. The number of anilines is 1. The molecule has 0 spiro atoms. The molecule has 0 radical (unpaired) electrons. The highest BCUT2D eigenvalue weighted by Gasteiger charge is 2.32. The predicted octanol–water partition coefficient (Wildman–Crippen LogP) is 7.38. The van der Waals surface area contributed by atoms with E-state index in [1.165, 1.54) is 0 Å². The summed E-state index contributed by atoms with van der Waals surface area (Å²) in [6.07, 6.45) is 4.24. The maximum Gasteiger partial charge on any atom is 0.274 e. The van der Waals surface area contributed by atoms with Crippen LogP contribution in [0.25, 0.3) is 5.69 Å². The van der Waals surface area contributed by atoms with E-state index in [1.54, 1.807) is 58.1 Å². The van der Waals surface area contributed by atoms with Crippen LogP contribution in [0.3, 0.4) is 0 Å². The third-order valence-electron chi connectivity index (χ3n) is 9.96. The van der Waals surface area contributed by atoms with Crippen LogP contribution in [0.4, 0.5) is 5.69 Å². The summed E-state index contributed by atoms with van der Waals surface area (Å²) < 4.78 is 13.2. The average Bonchev–Trinajstić information content (AvgIpc) is 3.62. The number of fused-ring (bicyclic) bond motifs is 1. The number of carbonyl (C=O) groups excluding carboxylic acids is 3. The quantitative estimate of drug-likeness (QED) is 0.101. The maximum atomic E-state index is 14.6. The Balaban J connectivity index is 1.23. The highest BCUT2D eigenvalue weighted by Crippen LogP contribution is 2.29. The number of aromatic nitrogens is 2. The van der Waals surface area contributed by atoms with Crippen molar-refractivity contribution in [1.82, 2.24) is 19.6 Å². The number of unbranched alkanes of at least 4 members (excludes halogenated alkanes) is 2. The molecular weight excluding hydrogens is 707 g/mol. The molecule has 2 heterocycles. The third kappa shape index (κ3) is 9.83. The van der Waals surface area contributed by atoms with Crippen LogP contribution in [0.5, 0.6) is 11.5 Å². The van der Waals surface area contributed by atoms with E-state index in [0.29, 0.717) is 66.9 Å². The second-order valence-corrected chi connectivity index (χ2v) is 14.1. The summed E-state index contributed by atoms with van der Waals surface area (Å²) in [7, 11) is 0. The maximum absolute atomic E-state index is 14.6. The van der Waals surface area contributed by atoms with Gasteiger partial charge in [-0.05, 0) is 91.4 Å². The number of ether oxygens (including phenoxy) is 2. The summed E-state index contributed by atoms with van der Waals surface area (Å²) in [6.45, 7) is 7.62. The van der Waals surface area contributed by atoms with Gasteiger partial charge in [-0.1, -0.05) is 81.3 Å². The van der Waals surface area contributed by atoms with Crippen molar-refractivity contribution in [3.8, 4) is 17.2 Å². The first kappa shape index (κ1) is 39.7. The van der Waals surface area contributed by atoms with E-state index in [4.69, 9.17) is 14.6 Å². The van der Waals surface area contributed by atoms with Crippen LogP contribution < -0.4 is 14.8 Å². The van der Waals surface area contributed by atoms with Crippen molar-refractivity contribution >= 4 is 23.4 Å². The highest BCUT2D eigenvalue weighted by atomic mass is 16.5. The van der Waals surface area contributed by atoms with Crippen LogP contribution in [0.15, 0.2) is 103 Å². The van der Waals surface area contributed by atoms with Gasteiger partial charge in [0.1, 0.15) is 18.1 Å². The predicted molar refractivity (Wildman–Crippen MR) is 216 cm³/mol. The first-order valence-electron chi connectivity index (χ1n) is 19.5. The largest absolute Gasteiger partial charge is 0.489 e. The minimum absolute atomic E-state index is 0.146. The summed E-state index contributed by atoms with van der Waals surface area (Å²) in [5, 5.41) is 18.1. The number of carbonyl (C=O) groups is 3. The molecule has 11 nitrogen and oxygen atoms in total. The standard InChI is InChI=1S/C45H51N5O6/c1-4-6-23-48(24-7-5-2)45(54)41-25-32(3)50(47-41)42-22-17-36(27-40(42)44(53)49-28-35-16-12-11-15-34(35)26-37(49)29-51)46-43(52)31-56-39-20-18-38(19-21-39)55-30-33-13-9-8-10-14-33/h8-22,25,27,37,51H,4-7,23-24,26,28-31H2,1-3H3,(H,46,52)/t37-/m1/s1. The van der Waals surface area contributed by atoms with E-state index in [0.717, 1.165) is 42.4 Å². The van der Waals surface area contributed by atoms with E-state index < -0.39 is 11.9 Å². The van der Waals surface area contributed by atoms with Gasteiger partial charge in [0, 0.05) is 31.0 Å². The smallest absolute Gasteiger partial charge is 0.274 e. The molecule has 0 bridgehead atoms. The summed E-state index contributed by atoms with van der Waals surface area (Å²) in [4.78, 5) is 45.1. The monoisotopic (exact) mass is 757 g/mol. The number of nitrogens with zero attached hydrogens (tertiary/aromatic N) is 4. The average molecular weight is 758 g/mol. The molecule has 1 atom stereocenters. The number of aliphatic hydroxyl groups excluding tert-OH is 1. The Bertz CT molecular complexity index is 2090. The minimum atomic E-state index is -0.450. The fraction of sp³-hybridized carbons (Fsp3) is 0.333. The van der Waals surface area contributed by atoms with Crippen molar-refractivity contribution in [2.45, 2.75) is 72.1 Å². The van der Waals surface area contributed by atoms with Gasteiger partial charge in [-0.15, -0.1) is 0 Å². The van der Waals surface area contributed by atoms with Gasteiger partial charge in [-0.3, -0.25) is 14.4 Å². The lowest BCUT2D eigenvalue weighted by Gasteiger charge is -2.36. The normalized spacial score (nSPS) is 13.5. The van der Waals surface area contributed by atoms with E-state index in [2.05, 4.69) is 19.2 Å². The molecule has 1 aliphatic heterocycles. The van der Waals surface area contributed by atoms with Gasteiger partial charge in [0.05, 0.1) is 23.9 Å². The van der Waals surface area contributed by atoms with E-state index in [1.807, 2.05) is 66.4 Å². The zero-order chi connectivity index (χ0) is 39.4. The zero-order valence-electron chi connectivity index (χ0n) is 32.4. The number of aliphatic hydroxyl groups is 1. The Morgan fingerprint density at radius 1 is 0.839 bits per heavy atom. The number of hydrogen-bond acceptors (Lipinski definition) is 7. The molecule has 11 heteroatoms. The lowest BCUT2D eigenvalue weighted by Crippen LogP contribution is -2.46. The molecule has 0 saturated heterocycles. The summed E-state index contributed by atoms with van der Waals surface area (Å²) in [5.41, 5.74) is 5.26. The number of aryl methyl sites for hydroxylation is 1. The third-order valence-corrected chi connectivity index (χ3v) is 9.96. The molecule has 56 heavy (non-hydrogen) atoms. The van der Waals surface area contributed by atoms with Gasteiger partial charge in [-0.25, -0.2) is 4.68 Å². The van der Waals surface area contributed by atoms with Crippen molar-refractivity contribution in [3.63, 3.8) is 0 Å². The minimum Gasteiger partial charge on any atom is -0.489 e. The molecule has 5 aromatic rings. The van der Waals surface area contributed by atoms with E-state index in [9.17, 15) is 19.5 Å². The lowest BCUT2D eigenvalue weighted by atomic mass is 9.93. The molecule has 4 aromatic carbocycles. The van der Waals surface area contributed by atoms with E-state index in [-0.39, 0.29) is 30.6 Å². The summed E-state index contributed by atoms with van der Waals surface area (Å²) in [6, 6.07) is 31.2. The Hall–Kier alpha value is -5.94. The Kier molecular flexibility index (Phi) is 13.5. The second kappa shape index (κ2) is 19.1. The Morgan fingerprint density at radius 2 is 1.50 bits per heavy atom. The Morgan fingerprint density at radius 3 is 2.18 bits per heavy atom. The van der Waals surface area contributed by atoms with Gasteiger partial charge in [-0.2, -0.15) is 5.10 Å². The van der Waals surface area contributed by atoms with Gasteiger partial charge in [0.2, 0.25) is 0 Å². The van der Waals surface area contributed by atoms with Crippen LogP contribution in [0, 0.1) is 6.92 Å². The molecule has 0 fully saturated rings. The molecule has 0 saturated carbocycles.